The number of hydrogen-bond donors (Lipinski definition) is 0. The molecule has 1 aromatic heterocycles. The Kier molecular flexibility index (Phi) is 4.30. The van der Waals surface area contributed by atoms with Crippen molar-refractivity contribution in [3.63, 3.8) is 0 Å². The van der Waals surface area contributed by atoms with Crippen LogP contribution in [0, 0.1) is 13.8 Å². The first-order chi connectivity index (χ1) is 12.1. The number of likely N-dealkylation sites (tertiary alicyclic amines) is 1. The van der Waals surface area contributed by atoms with E-state index in [9.17, 15) is 4.79 Å². The van der Waals surface area contributed by atoms with Crippen molar-refractivity contribution in [2.75, 3.05) is 13.1 Å². The van der Waals surface area contributed by atoms with Gasteiger partial charge in [-0.1, -0.05) is 29.8 Å². The molecule has 0 spiro atoms. The fourth-order valence-corrected chi connectivity index (χ4v) is 4.74. The normalized spacial score (nSPS) is 17.8. The Labute approximate surface area is 152 Å². The minimum atomic E-state index is 0.156. The van der Waals surface area contributed by atoms with Gasteiger partial charge in [-0.3, -0.25) is 4.79 Å². The lowest BCUT2D eigenvalue weighted by Crippen LogP contribution is -2.39. The second-order valence-corrected chi connectivity index (χ2v) is 7.99. The third-order valence-electron chi connectivity index (χ3n) is 4.98. The van der Waals surface area contributed by atoms with Gasteiger partial charge in [0.25, 0.3) is 5.91 Å². The number of carbonyl (C=O) groups is 1. The predicted molar refractivity (Wildman–Crippen MR) is 103 cm³/mol. The summed E-state index contributed by atoms with van der Waals surface area (Å²) in [4.78, 5) is 19.8. The maximum atomic E-state index is 13.0. The van der Waals surface area contributed by atoms with E-state index in [4.69, 9.17) is 4.98 Å². The molecule has 128 valence electrons. The zero-order valence-corrected chi connectivity index (χ0v) is 15.5. The van der Waals surface area contributed by atoms with Crippen LogP contribution in [-0.4, -0.2) is 28.9 Å². The van der Waals surface area contributed by atoms with Gasteiger partial charge in [0.05, 0.1) is 15.2 Å². The predicted octanol–water partition coefficient (Wildman–Crippen LogP) is 4.93. The molecule has 1 amide bonds. The van der Waals surface area contributed by atoms with Crippen LogP contribution >= 0.6 is 11.3 Å². The Hall–Kier alpha value is -2.20. The molecule has 25 heavy (non-hydrogen) atoms. The SMILES string of the molecule is Cc1ccc(C(=O)N2CCC[C@H](c3nc4ccccc4s3)C2)c(C)c1. The van der Waals surface area contributed by atoms with Gasteiger partial charge in [-0.2, -0.15) is 0 Å². The van der Waals surface area contributed by atoms with Crippen molar-refractivity contribution in [3.05, 3.63) is 64.2 Å². The topological polar surface area (TPSA) is 33.2 Å². The highest BCUT2D eigenvalue weighted by Gasteiger charge is 2.28. The number of para-hydroxylation sites is 1. The van der Waals surface area contributed by atoms with Crippen molar-refractivity contribution in [1.29, 1.82) is 0 Å². The summed E-state index contributed by atoms with van der Waals surface area (Å²) in [6, 6.07) is 14.4. The largest absolute Gasteiger partial charge is 0.338 e. The van der Waals surface area contributed by atoms with Gasteiger partial charge in [0.15, 0.2) is 0 Å². The monoisotopic (exact) mass is 350 g/mol. The van der Waals surface area contributed by atoms with Crippen molar-refractivity contribution in [2.45, 2.75) is 32.6 Å². The number of benzene rings is 2. The number of thiazole rings is 1. The standard InChI is InChI=1S/C21H22N2OS/c1-14-9-10-17(15(2)12-14)21(24)23-11-5-6-16(13-23)20-22-18-7-3-4-8-19(18)25-20/h3-4,7-10,12,16H,5-6,11,13H2,1-2H3/t16-/m0/s1. The molecule has 1 saturated heterocycles. The summed E-state index contributed by atoms with van der Waals surface area (Å²) in [5.41, 5.74) is 4.16. The maximum absolute atomic E-state index is 13.0. The molecule has 0 bridgehead atoms. The molecule has 0 N–H and O–H groups in total. The number of hydrogen-bond acceptors (Lipinski definition) is 3. The van der Waals surface area contributed by atoms with Crippen LogP contribution in [0.3, 0.4) is 0 Å². The van der Waals surface area contributed by atoms with E-state index in [-0.39, 0.29) is 5.91 Å². The van der Waals surface area contributed by atoms with Crippen LogP contribution in [0.2, 0.25) is 0 Å². The second-order valence-electron chi connectivity index (χ2n) is 6.93. The molecular weight excluding hydrogens is 328 g/mol. The number of carbonyl (C=O) groups excluding carboxylic acids is 1. The van der Waals surface area contributed by atoms with E-state index < -0.39 is 0 Å². The van der Waals surface area contributed by atoms with Crippen LogP contribution in [-0.2, 0) is 0 Å². The van der Waals surface area contributed by atoms with E-state index in [0.29, 0.717) is 5.92 Å². The van der Waals surface area contributed by atoms with Gasteiger partial charge >= 0.3 is 0 Å². The molecule has 1 atom stereocenters. The van der Waals surface area contributed by atoms with E-state index >= 15 is 0 Å². The number of rotatable bonds is 2. The van der Waals surface area contributed by atoms with Crippen molar-refractivity contribution in [2.24, 2.45) is 0 Å². The quantitative estimate of drug-likeness (QED) is 0.656. The minimum Gasteiger partial charge on any atom is -0.338 e. The average Bonchev–Trinajstić information content (AvgIpc) is 3.05. The summed E-state index contributed by atoms with van der Waals surface area (Å²) in [7, 11) is 0. The van der Waals surface area contributed by atoms with Crippen molar-refractivity contribution in [3.8, 4) is 0 Å². The summed E-state index contributed by atoms with van der Waals surface area (Å²) in [5, 5.41) is 1.17. The first-order valence-electron chi connectivity index (χ1n) is 8.84. The lowest BCUT2D eigenvalue weighted by atomic mass is 9.97. The van der Waals surface area contributed by atoms with Gasteiger partial charge < -0.3 is 4.90 Å². The molecule has 2 heterocycles. The lowest BCUT2D eigenvalue weighted by molar-refractivity contribution is 0.0706. The van der Waals surface area contributed by atoms with Crippen LogP contribution in [0.4, 0.5) is 0 Å². The van der Waals surface area contributed by atoms with Crippen molar-refractivity contribution in [1.82, 2.24) is 9.88 Å². The van der Waals surface area contributed by atoms with Crippen LogP contribution in [0.5, 0.6) is 0 Å². The number of amides is 1. The Morgan fingerprint density at radius 1 is 1.20 bits per heavy atom. The summed E-state index contributed by atoms with van der Waals surface area (Å²) < 4.78 is 1.23. The Morgan fingerprint density at radius 2 is 2.04 bits per heavy atom. The minimum absolute atomic E-state index is 0.156. The van der Waals surface area contributed by atoms with Crippen molar-refractivity contribution < 1.29 is 4.79 Å². The highest BCUT2D eigenvalue weighted by molar-refractivity contribution is 7.18. The average molecular weight is 350 g/mol. The van der Waals surface area contributed by atoms with E-state index in [1.807, 2.05) is 30.0 Å². The molecule has 1 aliphatic rings. The molecule has 3 nitrogen and oxygen atoms in total. The molecule has 0 radical (unpaired) electrons. The number of fused-ring (bicyclic) bond motifs is 1. The maximum Gasteiger partial charge on any atom is 0.254 e. The van der Waals surface area contributed by atoms with Crippen molar-refractivity contribution >= 4 is 27.5 Å². The first kappa shape index (κ1) is 16.3. The highest BCUT2D eigenvalue weighted by Crippen LogP contribution is 2.33. The van der Waals surface area contributed by atoms with E-state index in [2.05, 4.69) is 31.2 Å². The van der Waals surface area contributed by atoms with Crippen LogP contribution in [0.25, 0.3) is 10.2 Å². The molecule has 3 aromatic rings. The van der Waals surface area contributed by atoms with Crippen LogP contribution in [0.1, 0.15) is 45.3 Å². The molecule has 1 aliphatic heterocycles. The van der Waals surface area contributed by atoms with Gasteiger partial charge in [0, 0.05) is 24.6 Å². The second kappa shape index (κ2) is 6.60. The van der Waals surface area contributed by atoms with E-state index in [1.54, 1.807) is 11.3 Å². The Morgan fingerprint density at radius 3 is 2.84 bits per heavy atom. The Balaban J connectivity index is 1.57. The zero-order chi connectivity index (χ0) is 17.4. The molecule has 2 aromatic carbocycles. The third kappa shape index (κ3) is 3.19. The molecular formula is C21H22N2OS. The zero-order valence-electron chi connectivity index (χ0n) is 14.7. The molecule has 0 saturated carbocycles. The number of piperidine rings is 1. The number of aromatic nitrogens is 1. The molecule has 1 fully saturated rings. The molecule has 0 aliphatic carbocycles. The van der Waals surface area contributed by atoms with Gasteiger partial charge in [-0.05, 0) is 50.5 Å². The smallest absolute Gasteiger partial charge is 0.254 e. The molecule has 0 unspecified atom stereocenters. The van der Waals surface area contributed by atoms with Gasteiger partial charge in [0.1, 0.15) is 0 Å². The fourth-order valence-electron chi connectivity index (χ4n) is 3.65. The summed E-state index contributed by atoms with van der Waals surface area (Å²) >= 11 is 1.77. The number of aryl methyl sites for hydroxylation is 2. The summed E-state index contributed by atoms with van der Waals surface area (Å²) in [6.07, 6.45) is 2.15. The van der Waals surface area contributed by atoms with Crippen LogP contribution in [0.15, 0.2) is 42.5 Å². The first-order valence-corrected chi connectivity index (χ1v) is 9.65. The number of nitrogens with zero attached hydrogens (tertiary/aromatic N) is 2. The third-order valence-corrected chi connectivity index (χ3v) is 6.18. The Bertz CT molecular complexity index is 898. The summed E-state index contributed by atoms with van der Waals surface area (Å²) in [6.45, 7) is 5.69. The van der Waals surface area contributed by atoms with E-state index in [1.165, 1.54) is 15.3 Å². The highest BCUT2D eigenvalue weighted by atomic mass is 32.1. The van der Waals surface area contributed by atoms with Gasteiger partial charge in [0.2, 0.25) is 0 Å². The van der Waals surface area contributed by atoms with E-state index in [0.717, 1.165) is 42.6 Å². The van der Waals surface area contributed by atoms with Crippen LogP contribution < -0.4 is 0 Å². The summed E-state index contributed by atoms with van der Waals surface area (Å²) in [5.74, 6) is 0.504. The molecule has 4 rings (SSSR count). The fraction of sp³-hybridized carbons (Fsp3) is 0.333. The van der Waals surface area contributed by atoms with Gasteiger partial charge in [-0.15, -0.1) is 11.3 Å². The lowest BCUT2D eigenvalue weighted by Gasteiger charge is -2.32. The van der Waals surface area contributed by atoms with Gasteiger partial charge in [-0.25, -0.2) is 4.98 Å². The molecule has 4 heteroatoms.